The summed E-state index contributed by atoms with van der Waals surface area (Å²) >= 11 is 1.76. The van der Waals surface area contributed by atoms with E-state index in [0.717, 1.165) is 30.8 Å². The highest BCUT2D eigenvalue weighted by atomic mass is 32.1. The van der Waals surface area contributed by atoms with Gasteiger partial charge in [-0.1, -0.05) is 0 Å². The van der Waals surface area contributed by atoms with Crippen LogP contribution in [0.3, 0.4) is 0 Å². The number of phenolic OH excluding ortho intramolecular Hbond substituents is 1. The number of ether oxygens (including phenoxy) is 1. The Morgan fingerprint density at radius 2 is 2.16 bits per heavy atom. The van der Waals surface area contributed by atoms with Crippen molar-refractivity contribution in [3.8, 4) is 21.9 Å². The van der Waals surface area contributed by atoms with Crippen LogP contribution in [0.1, 0.15) is 23.3 Å². The molecule has 25 heavy (non-hydrogen) atoms. The summed E-state index contributed by atoms with van der Waals surface area (Å²) in [4.78, 5) is 7.42. The predicted molar refractivity (Wildman–Crippen MR) is 103 cm³/mol. The molecule has 134 valence electrons. The van der Waals surface area contributed by atoms with Gasteiger partial charge in [-0.2, -0.15) is 0 Å². The molecule has 0 unspecified atom stereocenters. The van der Waals surface area contributed by atoms with Gasteiger partial charge < -0.3 is 14.7 Å². The number of hydrogen-bond donors (Lipinski definition) is 1. The van der Waals surface area contributed by atoms with E-state index < -0.39 is 0 Å². The van der Waals surface area contributed by atoms with Gasteiger partial charge in [0.25, 0.3) is 0 Å². The number of rotatable bonds is 3. The molecule has 4 nitrogen and oxygen atoms in total. The second kappa shape index (κ2) is 6.98. The molecule has 1 aromatic carbocycles. The van der Waals surface area contributed by atoms with Gasteiger partial charge in [-0.15, -0.1) is 11.3 Å². The number of benzene rings is 1. The second-order valence-corrected chi connectivity index (χ2v) is 8.54. The van der Waals surface area contributed by atoms with Crippen molar-refractivity contribution in [2.45, 2.75) is 32.4 Å². The number of nitrogens with zero attached hydrogens (tertiary/aromatic N) is 2. The number of fused-ring (bicyclic) bond motifs is 1. The van der Waals surface area contributed by atoms with Gasteiger partial charge in [0.2, 0.25) is 0 Å². The van der Waals surface area contributed by atoms with Crippen molar-refractivity contribution in [2.75, 3.05) is 33.3 Å². The molecule has 1 N–H and O–H groups in total. The van der Waals surface area contributed by atoms with Crippen molar-refractivity contribution in [1.29, 1.82) is 0 Å². The summed E-state index contributed by atoms with van der Waals surface area (Å²) in [6.45, 7) is 6.77. The quantitative estimate of drug-likeness (QED) is 0.907. The molecular weight excluding hydrogens is 332 g/mol. The van der Waals surface area contributed by atoms with E-state index in [9.17, 15) is 5.11 Å². The minimum atomic E-state index is 0.262. The summed E-state index contributed by atoms with van der Waals surface area (Å²) in [6.07, 6.45) is 2.57. The molecule has 1 saturated heterocycles. The average molecular weight is 359 g/mol. The SMILES string of the molecule is Cc1ccc(-c2cc(O)c3c(c2)CN(C[C@@H]2CCCN2C)CCO3)s1. The average Bonchev–Trinajstić information content (AvgIpc) is 3.12. The normalized spacial score (nSPS) is 21.8. The Morgan fingerprint density at radius 1 is 1.28 bits per heavy atom. The number of phenols is 1. The second-order valence-electron chi connectivity index (χ2n) is 7.25. The maximum Gasteiger partial charge on any atom is 0.165 e. The zero-order valence-electron chi connectivity index (χ0n) is 15.0. The number of aryl methyl sites for hydroxylation is 1. The first-order valence-electron chi connectivity index (χ1n) is 9.08. The van der Waals surface area contributed by atoms with Crippen molar-refractivity contribution in [3.05, 3.63) is 34.7 Å². The van der Waals surface area contributed by atoms with Gasteiger partial charge in [-0.05, 0) is 63.2 Å². The van der Waals surface area contributed by atoms with E-state index in [1.165, 1.54) is 29.1 Å². The summed E-state index contributed by atoms with van der Waals surface area (Å²) in [6, 6.07) is 8.92. The number of likely N-dealkylation sites (N-methyl/N-ethyl adjacent to an activating group) is 1. The van der Waals surface area contributed by atoms with Crippen LogP contribution in [0.25, 0.3) is 10.4 Å². The van der Waals surface area contributed by atoms with Crippen LogP contribution in [0.15, 0.2) is 24.3 Å². The molecule has 4 rings (SSSR count). The Labute approximate surface area is 153 Å². The molecule has 0 aliphatic carbocycles. The van der Waals surface area contributed by atoms with E-state index >= 15 is 0 Å². The third-order valence-electron chi connectivity index (χ3n) is 5.36. The van der Waals surface area contributed by atoms with Crippen molar-refractivity contribution in [3.63, 3.8) is 0 Å². The fourth-order valence-electron chi connectivity index (χ4n) is 3.95. The van der Waals surface area contributed by atoms with Gasteiger partial charge >= 0.3 is 0 Å². The van der Waals surface area contributed by atoms with E-state index in [1.807, 2.05) is 6.07 Å². The molecule has 3 heterocycles. The van der Waals surface area contributed by atoms with Gasteiger partial charge in [-0.25, -0.2) is 0 Å². The van der Waals surface area contributed by atoms with Crippen molar-refractivity contribution in [2.24, 2.45) is 0 Å². The fraction of sp³-hybridized carbons (Fsp3) is 0.500. The number of thiophene rings is 1. The Hall–Kier alpha value is -1.56. The van der Waals surface area contributed by atoms with E-state index in [0.29, 0.717) is 18.4 Å². The Morgan fingerprint density at radius 3 is 2.88 bits per heavy atom. The minimum absolute atomic E-state index is 0.262. The lowest BCUT2D eigenvalue weighted by atomic mass is 10.1. The molecule has 1 fully saturated rings. The zero-order chi connectivity index (χ0) is 17.4. The Balaban J connectivity index is 1.59. The Bertz CT molecular complexity index is 758. The van der Waals surface area contributed by atoms with E-state index in [2.05, 4.69) is 42.0 Å². The van der Waals surface area contributed by atoms with E-state index in [1.54, 1.807) is 11.3 Å². The lowest BCUT2D eigenvalue weighted by Crippen LogP contribution is -2.39. The highest BCUT2D eigenvalue weighted by Crippen LogP contribution is 2.39. The van der Waals surface area contributed by atoms with Crippen LogP contribution >= 0.6 is 11.3 Å². The molecule has 0 amide bonds. The molecule has 0 bridgehead atoms. The van der Waals surface area contributed by atoms with Gasteiger partial charge in [0.05, 0.1) is 0 Å². The van der Waals surface area contributed by atoms with Crippen LogP contribution in [-0.2, 0) is 6.54 Å². The highest BCUT2D eigenvalue weighted by molar-refractivity contribution is 7.15. The van der Waals surface area contributed by atoms with Crippen LogP contribution in [-0.4, -0.2) is 54.2 Å². The van der Waals surface area contributed by atoms with Gasteiger partial charge in [-0.3, -0.25) is 4.90 Å². The van der Waals surface area contributed by atoms with E-state index in [4.69, 9.17) is 4.74 Å². The molecule has 2 aliphatic heterocycles. The molecule has 2 aliphatic rings. The van der Waals surface area contributed by atoms with Crippen LogP contribution in [0.5, 0.6) is 11.5 Å². The Kier molecular flexibility index (Phi) is 4.71. The number of aromatic hydroxyl groups is 1. The lowest BCUT2D eigenvalue weighted by molar-refractivity contribution is 0.172. The summed E-state index contributed by atoms with van der Waals surface area (Å²) in [7, 11) is 2.23. The van der Waals surface area contributed by atoms with Crippen LogP contribution in [0.2, 0.25) is 0 Å². The molecule has 1 aromatic heterocycles. The maximum absolute atomic E-state index is 10.5. The predicted octanol–water partition coefficient (Wildman–Crippen LogP) is 3.72. The molecular formula is C20H26N2O2S. The first-order valence-corrected chi connectivity index (χ1v) is 9.90. The smallest absolute Gasteiger partial charge is 0.165 e. The van der Waals surface area contributed by atoms with Gasteiger partial charge in [0.1, 0.15) is 6.61 Å². The first-order chi connectivity index (χ1) is 12.1. The summed E-state index contributed by atoms with van der Waals surface area (Å²) in [5.74, 6) is 0.928. The van der Waals surface area contributed by atoms with Crippen LogP contribution < -0.4 is 4.74 Å². The van der Waals surface area contributed by atoms with Crippen molar-refractivity contribution >= 4 is 11.3 Å². The third kappa shape index (κ3) is 3.54. The van der Waals surface area contributed by atoms with Crippen molar-refractivity contribution in [1.82, 2.24) is 9.80 Å². The fourth-order valence-corrected chi connectivity index (χ4v) is 4.80. The molecule has 0 spiro atoms. The molecule has 2 aromatic rings. The topological polar surface area (TPSA) is 35.9 Å². The largest absolute Gasteiger partial charge is 0.504 e. The first kappa shape index (κ1) is 16.9. The highest BCUT2D eigenvalue weighted by Gasteiger charge is 2.26. The molecule has 1 atom stereocenters. The number of likely N-dealkylation sites (tertiary alicyclic amines) is 1. The standard InChI is InChI=1S/C20H26N2O2S/c1-14-5-6-19(25-14)15-10-16-12-22(13-17-4-3-7-21(17)2)8-9-24-20(16)18(23)11-15/h5-6,10-11,17,23H,3-4,7-9,12-13H2,1-2H3/t17-/m0/s1. The summed E-state index contributed by atoms with van der Waals surface area (Å²) in [5, 5.41) is 10.5. The maximum atomic E-state index is 10.5. The van der Waals surface area contributed by atoms with Crippen molar-refractivity contribution < 1.29 is 9.84 Å². The van der Waals surface area contributed by atoms with Gasteiger partial charge in [0.15, 0.2) is 11.5 Å². The molecule has 0 saturated carbocycles. The third-order valence-corrected chi connectivity index (χ3v) is 6.41. The molecule has 5 heteroatoms. The minimum Gasteiger partial charge on any atom is -0.504 e. The monoisotopic (exact) mass is 358 g/mol. The zero-order valence-corrected chi connectivity index (χ0v) is 15.8. The van der Waals surface area contributed by atoms with E-state index in [-0.39, 0.29) is 5.75 Å². The summed E-state index contributed by atoms with van der Waals surface area (Å²) < 4.78 is 5.90. The van der Waals surface area contributed by atoms with Crippen LogP contribution in [0.4, 0.5) is 0 Å². The lowest BCUT2D eigenvalue weighted by Gasteiger charge is -2.27. The number of hydrogen-bond acceptors (Lipinski definition) is 5. The summed E-state index contributed by atoms with van der Waals surface area (Å²) in [5.41, 5.74) is 2.18. The van der Waals surface area contributed by atoms with Crippen LogP contribution in [0, 0.1) is 6.92 Å². The van der Waals surface area contributed by atoms with Gasteiger partial charge in [0, 0.05) is 41.0 Å². The molecule has 0 radical (unpaired) electrons.